The summed E-state index contributed by atoms with van der Waals surface area (Å²) in [5.41, 5.74) is 5.70. The Hall–Kier alpha value is -9.80. The highest BCUT2D eigenvalue weighted by Crippen LogP contribution is 2.33. The van der Waals surface area contributed by atoms with Crippen molar-refractivity contribution in [2.75, 3.05) is 19.6 Å². The number of aromatic nitrogens is 4. The zero-order chi connectivity index (χ0) is 62.9. The van der Waals surface area contributed by atoms with Crippen LogP contribution in [0.25, 0.3) is 130 Å². The van der Waals surface area contributed by atoms with E-state index >= 15 is 0 Å². The fourth-order valence-corrected chi connectivity index (χ4v) is 11.2. The molecule has 0 spiro atoms. The number of benzene rings is 12. The first kappa shape index (κ1) is 60.3. The van der Waals surface area contributed by atoms with Gasteiger partial charge >= 0.3 is 0 Å². The van der Waals surface area contributed by atoms with Crippen molar-refractivity contribution in [2.24, 2.45) is 0 Å². The van der Waals surface area contributed by atoms with Gasteiger partial charge in [-0.1, -0.05) is 117 Å². The predicted molar refractivity (Wildman–Crippen MR) is 355 cm³/mol. The minimum absolute atomic E-state index is 0.196. The maximum Gasteiger partial charge on any atom is 0.208 e. The second kappa shape index (κ2) is 22.9. The van der Waals surface area contributed by atoms with Gasteiger partial charge in [-0.3, -0.25) is 43.0 Å². The summed E-state index contributed by atoms with van der Waals surface area (Å²) in [4.78, 5) is 121. The monoisotopic (exact) mass is 1200 g/mol. The molecule has 0 fully saturated rings. The molecule has 2 aromatic heterocycles. The molecule has 6 N–H and O–H groups in total. The van der Waals surface area contributed by atoms with Crippen LogP contribution in [0.1, 0.15) is 42.5 Å². The van der Waals surface area contributed by atoms with Gasteiger partial charge in [-0.25, -0.2) is 21.6 Å². The van der Waals surface area contributed by atoms with Gasteiger partial charge in [0.1, 0.15) is 0 Å². The summed E-state index contributed by atoms with van der Waals surface area (Å²) in [7, 11) is -0.208. The number of sulfonamides is 2. The zero-order valence-corrected chi connectivity index (χ0v) is 50.2. The number of hydrogen-bond donors (Lipinski definition) is 6. The molecule has 0 aliphatic heterocycles. The Labute approximate surface area is 494 Å². The third-order valence-corrected chi connectivity index (χ3v) is 16.4. The van der Waals surface area contributed by atoms with E-state index in [-0.39, 0.29) is 43.4 Å². The van der Waals surface area contributed by atoms with Crippen molar-refractivity contribution in [3.63, 3.8) is 0 Å². The number of fused-ring (bicyclic) bond motifs is 16. The van der Waals surface area contributed by atoms with Crippen molar-refractivity contribution in [3.8, 4) is 0 Å². The van der Waals surface area contributed by atoms with E-state index in [2.05, 4.69) is 46.5 Å². The topological polar surface area (TPSA) is 292 Å². The summed E-state index contributed by atoms with van der Waals surface area (Å²) < 4.78 is 43.0. The van der Waals surface area contributed by atoms with Gasteiger partial charge in [-0.15, -0.1) is 0 Å². The minimum Gasteiger partial charge on any atom is -0.351 e. The molecule has 436 valence electrons. The van der Waals surface area contributed by atoms with Crippen molar-refractivity contribution in [3.05, 3.63) is 225 Å². The van der Waals surface area contributed by atoms with Gasteiger partial charge in [0.2, 0.25) is 18.0 Å². The van der Waals surface area contributed by atoms with Gasteiger partial charge < -0.3 is 19.9 Å². The lowest BCUT2D eigenvalue weighted by atomic mass is 9.97. The first-order valence-electron chi connectivity index (χ1n) is 27.3. The Morgan fingerprint density at radius 3 is 0.644 bits per heavy atom. The normalized spacial score (nSPS) is 11.8. The molecule has 2 heterocycles. The van der Waals surface area contributed by atoms with Crippen LogP contribution in [0.3, 0.4) is 0 Å². The molecule has 87 heavy (non-hydrogen) atoms. The number of aryl methyl sites for hydroxylation is 4. The standard InChI is InChI=1S/2C30H18N2O4.C3H8.C2H7NO2S.CH4BNO2S/c2*1-13-11-19-21(29(35)17-9-5-3-7-15(17)27(19)33)25-23(13)31-26-22-20(12-14(2)24(26)32-25)28(34)16-8-4-6-10-18(16)30(22)36;1-3-2;1-3-6(2,4)5;1-6(4,5)3-2/h2*3-12,31-32H,1-2H3;3H2,1-2H3;3H,1-2H3;3H,1H3. The lowest BCUT2D eigenvalue weighted by Gasteiger charge is -2.14. The molecule has 21 heteroatoms. The second-order valence-electron chi connectivity index (χ2n) is 21.4. The van der Waals surface area contributed by atoms with E-state index in [1.807, 2.05) is 27.7 Å². The van der Waals surface area contributed by atoms with Crippen molar-refractivity contribution in [1.82, 2.24) is 29.3 Å². The molecule has 0 saturated carbocycles. The Morgan fingerprint density at radius 2 is 0.494 bits per heavy atom. The molecule has 2 radical (unpaired) electrons. The van der Waals surface area contributed by atoms with Crippen molar-refractivity contribution >= 4 is 158 Å². The van der Waals surface area contributed by atoms with E-state index in [0.29, 0.717) is 130 Å². The first-order valence-corrected chi connectivity index (χ1v) is 31.1. The summed E-state index contributed by atoms with van der Waals surface area (Å²) in [6, 6.07) is 34.2. The molecule has 12 aromatic carbocycles. The summed E-state index contributed by atoms with van der Waals surface area (Å²) in [6.07, 6.45) is 3.33. The van der Waals surface area contributed by atoms with Crippen LogP contribution >= 0.6 is 0 Å². The zero-order valence-electron chi connectivity index (χ0n) is 48.5. The number of aromatic amines is 4. The molecule has 14 rings (SSSR count). The molecule has 0 aliphatic carbocycles. The molecule has 0 atom stereocenters. The van der Waals surface area contributed by atoms with Gasteiger partial charge in [0.05, 0.1) is 78.2 Å². The van der Waals surface area contributed by atoms with Gasteiger partial charge in [0.15, 0.2) is 53.5 Å². The smallest absolute Gasteiger partial charge is 0.208 e. The van der Waals surface area contributed by atoms with Crippen molar-refractivity contribution < 1.29 is 16.8 Å². The minimum atomic E-state index is -3.13. The maximum atomic E-state index is 13.6. The maximum absolute atomic E-state index is 13.6. The molecule has 18 nitrogen and oxygen atoms in total. The van der Waals surface area contributed by atoms with E-state index in [1.54, 1.807) is 126 Å². The highest BCUT2D eigenvalue weighted by atomic mass is 32.2. The summed E-state index contributed by atoms with van der Waals surface area (Å²) in [5, 5.41) is 5.69. The Balaban J connectivity index is 0.000000157. The van der Waals surface area contributed by atoms with Crippen LogP contribution in [0, 0.1) is 27.7 Å². The Kier molecular flexibility index (Phi) is 15.9. The van der Waals surface area contributed by atoms with Gasteiger partial charge in [-0.05, 0) is 81.3 Å². The Morgan fingerprint density at radius 1 is 0.333 bits per heavy atom. The average molecular weight is 1200 g/mol. The average Bonchev–Trinajstić information content (AvgIpc) is 0.838. The van der Waals surface area contributed by atoms with Crippen LogP contribution in [0.2, 0.25) is 0 Å². The van der Waals surface area contributed by atoms with Crippen LogP contribution in [-0.4, -0.2) is 64.3 Å². The number of rotatable bonds is 2. The predicted octanol–water partition coefficient (Wildman–Crippen LogP) is 8.72. The number of H-pyrrole nitrogens is 4. The SMILES string of the molecule is CCC.CNS(C)(=O)=O.Cc1cc2c(=O)c3ccccc3c(=O)c2c2[nH]c3c(C)cc4c(=O)c5ccccc5c(=O)c4c3[nH]c12.Cc1cc2c(=O)c3ccccc3c(=O)c2c2[nH]c3c(C)cc4c(=O)c5ccccc5c(=O)c4c3[nH]c12.[B]NS(C)(=O)=O. The lowest BCUT2D eigenvalue weighted by Crippen LogP contribution is -2.17. The first-order chi connectivity index (χ1) is 41.3. The summed E-state index contributed by atoms with van der Waals surface area (Å²) in [5.74, 6) is 0. The van der Waals surface area contributed by atoms with E-state index < -0.39 is 20.0 Å². The lowest BCUT2D eigenvalue weighted by molar-refractivity contribution is 0.594. The van der Waals surface area contributed by atoms with Gasteiger partial charge in [0.25, 0.3) is 0 Å². The van der Waals surface area contributed by atoms with Crippen LogP contribution < -0.4 is 52.8 Å². The largest absolute Gasteiger partial charge is 0.351 e. The fourth-order valence-electron chi connectivity index (χ4n) is 11.2. The van der Waals surface area contributed by atoms with E-state index in [9.17, 15) is 55.2 Å². The molecule has 0 amide bonds. The summed E-state index contributed by atoms with van der Waals surface area (Å²) >= 11 is 0. The van der Waals surface area contributed by atoms with Crippen LogP contribution in [0.15, 0.2) is 160 Å². The molecular weight excluding hydrogens is 1140 g/mol. The third-order valence-electron chi connectivity index (χ3n) is 15.2. The second-order valence-corrected chi connectivity index (χ2v) is 25.1. The molecule has 0 bridgehead atoms. The summed E-state index contributed by atoms with van der Waals surface area (Å²) in [6.45, 7) is 11.6. The highest BCUT2D eigenvalue weighted by Gasteiger charge is 2.22. The number of hydrogen-bond acceptors (Lipinski definition) is 12. The fraction of sp³-hybridized carbons (Fsp3) is 0.152. The molecule has 14 aromatic rings. The van der Waals surface area contributed by atoms with Crippen molar-refractivity contribution in [1.29, 1.82) is 0 Å². The van der Waals surface area contributed by atoms with Crippen LogP contribution in [-0.2, 0) is 20.0 Å². The van der Waals surface area contributed by atoms with Crippen LogP contribution in [0.4, 0.5) is 0 Å². The van der Waals surface area contributed by atoms with Gasteiger partial charge in [-0.2, -0.15) is 0 Å². The number of nitrogens with one attached hydrogen (secondary N) is 6. The quantitative estimate of drug-likeness (QED) is 0.0538. The van der Waals surface area contributed by atoms with Gasteiger partial charge in [0, 0.05) is 64.6 Å². The van der Waals surface area contributed by atoms with E-state index in [0.717, 1.165) is 34.8 Å². The Bertz CT molecular complexity index is 5350. The van der Waals surface area contributed by atoms with Crippen molar-refractivity contribution in [2.45, 2.75) is 48.0 Å². The molecule has 0 saturated heterocycles. The van der Waals surface area contributed by atoms with E-state index in [1.165, 1.54) is 13.5 Å². The molecule has 0 aliphatic rings. The molecular formula is C66H55BN6O12S2. The van der Waals surface area contributed by atoms with Crippen LogP contribution in [0.5, 0.6) is 0 Å². The third kappa shape index (κ3) is 10.5. The molecule has 0 unspecified atom stereocenters. The highest BCUT2D eigenvalue weighted by molar-refractivity contribution is 7.89. The van der Waals surface area contributed by atoms with E-state index in [4.69, 9.17) is 0 Å².